The molecule has 316 valence electrons. The van der Waals surface area contributed by atoms with Gasteiger partial charge in [0, 0.05) is 101 Å². The minimum Gasteiger partial charge on any atom is -0.484 e. The number of piperazine rings is 1. The van der Waals surface area contributed by atoms with Crippen LogP contribution >= 0.6 is 0 Å². The van der Waals surface area contributed by atoms with E-state index in [2.05, 4.69) is 45.1 Å². The monoisotopic (exact) mass is 822 g/mol. The fraction of sp³-hybridized carbons (Fsp3) is 0.545. The van der Waals surface area contributed by atoms with Gasteiger partial charge in [-0.2, -0.15) is 5.10 Å². The number of H-pyrrole nitrogens is 1. The van der Waals surface area contributed by atoms with Crippen molar-refractivity contribution in [2.45, 2.75) is 76.5 Å². The van der Waals surface area contributed by atoms with E-state index in [4.69, 9.17) is 4.74 Å². The van der Waals surface area contributed by atoms with Gasteiger partial charge in [-0.3, -0.25) is 24.8 Å². The lowest BCUT2D eigenvalue weighted by Crippen LogP contribution is -2.52. The Morgan fingerprint density at radius 1 is 0.833 bits per heavy atom. The molecule has 6 aliphatic rings. The molecule has 14 nitrogen and oxygen atoms in total. The molecule has 2 N–H and O–H groups in total. The molecule has 0 bridgehead atoms. The number of piperidine rings is 3. The van der Waals surface area contributed by atoms with E-state index >= 15 is 4.39 Å². The number of aromatic amines is 1. The quantitative estimate of drug-likeness (QED) is 0.214. The minimum absolute atomic E-state index is 0.0412. The minimum atomic E-state index is -0.759. The van der Waals surface area contributed by atoms with Crippen LogP contribution in [0.25, 0.3) is 22.3 Å². The van der Waals surface area contributed by atoms with E-state index in [0.29, 0.717) is 45.6 Å². The largest absolute Gasteiger partial charge is 0.484 e. The zero-order chi connectivity index (χ0) is 41.1. The molecule has 0 spiro atoms. The summed E-state index contributed by atoms with van der Waals surface area (Å²) in [6, 6.07) is 7.82. The van der Waals surface area contributed by atoms with Crippen molar-refractivity contribution >= 4 is 40.1 Å². The SMILES string of the molecule is CC1(Oc2cc3c(-c4cc(N5CCC(CN6CCN(CC7CCN(c8ccc9c(c8F)CN(C8CCC(=O)NC8=O)C9=O)CC7)CC6)CC5)ncn4)n[nH]c3cc2F)CC1. The van der Waals surface area contributed by atoms with Gasteiger partial charge in [0.1, 0.15) is 29.5 Å². The van der Waals surface area contributed by atoms with E-state index in [-0.39, 0.29) is 48.4 Å². The number of hydrogen-bond donors (Lipinski definition) is 2. The molecule has 1 unspecified atom stereocenters. The smallest absolute Gasteiger partial charge is 0.255 e. The van der Waals surface area contributed by atoms with Crippen LogP contribution in [0, 0.1) is 23.5 Å². The Labute approximate surface area is 347 Å². The van der Waals surface area contributed by atoms with Crippen molar-refractivity contribution in [1.29, 1.82) is 0 Å². The zero-order valence-electron chi connectivity index (χ0n) is 34.1. The van der Waals surface area contributed by atoms with Gasteiger partial charge in [-0.1, -0.05) is 0 Å². The summed E-state index contributed by atoms with van der Waals surface area (Å²) in [6.07, 6.45) is 8.02. The maximum atomic E-state index is 16.0. The molecule has 5 aliphatic heterocycles. The average molecular weight is 823 g/mol. The number of benzene rings is 2. The molecule has 2 aromatic carbocycles. The molecule has 5 fully saturated rings. The van der Waals surface area contributed by atoms with Crippen LogP contribution in [0.1, 0.15) is 74.2 Å². The van der Waals surface area contributed by atoms with Gasteiger partial charge in [0.15, 0.2) is 17.4 Å². The van der Waals surface area contributed by atoms with E-state index in [1.807, 2.05) is 13.0 Å². The van der Waals surface area contributed by atoms with Crippen molar-refractivity contribution in [3.05, 3.63) is 59.4 Å². The Morgan fingerprint density at radius 3 is 2.18 bits per heavy atom. The summed E-state index contributed by atoms with van der Waals surface area (Å²) < 4.78 is 36.7. The third-order valence-electron chi connectivity index (χ3n) is 13.8. The fourth-order valence-corrected chi connectivity index (χ4v) is 9.91. The van der Waals surface area contributed by atoms with E-state index in [9.17, 15) is 18.8 Å². The second-order valence-corrected chi connectivity index (χ2v) is 18.0. The van der Waals surface area contributed by atoms with Crippen LogP contribution in [0.3, 0.4) is 0 Å². The zero-order valence-corrected chi connectivity index (χ0v) is 34.1. The number of imide groups is 1. The molecule has 10 rings (SSSR count). The first-order valence-electron chi connectivity index (χ1n) is 21.7. The topological polar surface area (TPSA) is 143 Å². The average Bonchev–Trinajstić information content (AvgIpc) is 3.69. The molecular formula is C44H52F2N10O4. The highest BCUT2D eigenvalue weighted by molar-refractivity contribution is 6.05. The van der Waals surface area contributed by atoms with Gasteiger partial charge < -0.3 is 29.2 Å². The van der Waals surface area contributed by atoms with Gasteiger partial charge in [-0.05, 0) is 81.9 Å². The number of carbonyl (C=O) groups excluding carboxylic acids is 3. The van der Waals surface area contributed by atoms with Gasteiger partial charge in [-0.25, -0.2) is 18.7 Å². The van der Waals surface area contributed by atoms with Crippen LogP contribution in [-0.2, 0) is 16.1 Å². The molecule has 1 saturated carbocycles. The maximum absolute atomic E-state index is 16.0. The Hall–Kier alpha value is -5.22. The highest BCUT2D eigenvalue weighted by atomic mass is 19.1. The molecular weight excluding hydrogens is 771 g/mol. The van der Waals surface area contributed by atoms with Crippen molar-refractivity contribution in [2.24, 2.45) is 11.8 Å². The van der Waals surface area contributed by atoms with Crippen molar-refractivity contribution in [3.8, 4) is 17.1 Å². The lowest BCUT2D eigenvalue weighted by molar-refractivity contribution is -0.136. The highest BCUT2D eigenvalue weighted by Gasteiger charge is 2.42. The van der Waals surface area contributed by atoms with E-state index < -0.39 is 17.8 Å². The summed E-state index contributed by atoms with van der Waals surface area (Å²) in [6.45, 7) is 11.8. The number of rotatable bonds is 10. The standard InChI is InChI=1S/C44H52F2N10O4/c1-44(10-11-44)60-37-20-30-33(21-32(37)45)50-51-41(30)34-22-38(48-26-47-34)55-14-8-28(9-15-55)24-53-18-16-52(17-19-53)23-27-6-12-54(13-7-27)35-3-2-29-31(40(35)46)25-56(43(29)59)36-4-5-39(57)49-42(36)58/h2-3,20-22,26-28,36H,4-19,23-25H2,1H3,(H,50,51)(H,49,57,58). The molecule has 3 amide bonds. The normalized spacial score (nSPS) is 23.1. The Bertz CT molecular complexity index is 2310. The molecule has 7 heterocycles. The summed E-state index contributed by atoms with van der Waals surface area (Å²) in [5.41, 5.74) is 2.84. The van der Waals surface area contributed by atoms with Gasteiger partial charge in [0.25, 0.3) is 5.91 Å². The summed E-state index contributed by atoms with van der Waals surface area (Å²) in [5, 5.41) is 10.5. The number of aromatic nitrogens is 4. The molecule has 16 heteroatoms. The summed E-state index contributed by atoms with van der Waals surface area (Å²) in [5.74, 6) is 0.355. The number of hydrogen-bond acceptors (Lipinski definition) is 11. The van der Waals surface area contributed by atoms with E-state index in [0.717, 1.165) is 115 Å². The first-order chi connectivity index (χ1) is 29.1. The van der Waals surface area contributed by atoms with Crippen LogP contribution in [0.5, 0.6) is 5.75 Å². The van der Waals surface area contributed by atoms with Gasteiger partial charge in [0.2, 0.25) is 11.8 Å². The number of fused-ring (bicyclic) bond motifs is 2. The highest BCUT2D eigenvalue weighted by Crippen LogP contribution is 2.42. The number of carbonyl (C=O) groups is 3. The number of amides is 3. The van der Waals surface area contributed by atoms with Crippen molar-refractivity contribution < 1.29 is 27.9 Å². The number of halogens is 2. The Balaban J connectivity index is 0.671. The number of ether oxygens (including phenoxy) is 1. The molecule has 1 atom stereocenters. The fourth-order valence-electron chi connectivity index (χ4n) is 9.91. The predicted molar refractivity (Wildman–Crippen MR) is 221 cm³/mol. The van der Waals surface area contributed by atoms with Crippen molar-refractivity contribution in [1.82, 2.24) is 40.2 Å². The van der Waals surface area contributed by atoms with Crippen LogP contribution in [-0.4, -0.2) is 130 Å². The van der Waals surface area contributed by atoms with Crippen LogP contribution in [0.4, 0.5) is 20.3 Å². The number of anilines is 2. The van der Waals surface area contributed by atoms with Crippen LogP contribution in [0.15, 0.2) is 36.7 Å². The van der Waals surface area contributed by atoms with Crippen molar-refractivity contribution in [2.75, 3.05) is 75.2 Å². The first-order valence-corrected chi connectivity index (χ1v) is 21.7. The third-order valence-corrected chi connectivity index (χ3v) is 13.8. The van der Waals surface area contributed by atoms with E-state index in [1.165, 1.54) is 11.0 Å². The molecule has 60 heavy (non-hydrogen) atoms. The lowest BCUT2D eigenvalue weighted by Gasteiger charge is -2.41. The first kappa shape index (κ1) is 38.9. The Kier molecular flexibility index (Phi) is 10.2. The molecule has 0 radical (unpaired) electrons. The summed E-state index contributed by atoms with van der Waals surface area (Å²) >= 11 is 0. The van der Waals surface area contributed by atoms with Gasteiger partial charge in [-0.15, -0.1) is 0 Å². The third kappa shape index (κ3) is 7.68. The molecule has 1 aliphatic carbocycles. The molecule has 4 saturated heterocycles. The van der Waals surface area contributed by atoms with E-state index in [1.54, 1.807) is 24.5 Å². The van der Waals surface area contributed by atoms with Crippen molar-refractivity contribution in [3.63, 3.8) is 0 Å². The predicted octanol–water partition coefficient (Wildman–Crippen LogP) is 4.74. The number of nitrogens with zero attached hydrogens (tertiary/aromatic N) is 8. The summed E-state index contributed by atoms with van der Waals surface area (Å²) in [4.78, 5) is 57.4. The summed E-state index contributed by atoms with van der Waals surface area (Å²) in [7, 11) is 0. The molecule has 2 aromatic heterocycles. The van der Waals surface area contributed by atoms with Gasteiger partial charge >= 0.3 is 0 Å². The Morgan fingerprint density at radius 2 is 1.52 bits per heavy atom. The lowest BCUT2D eigenvalue weighted by atomic mass is 9.94. The van der Waals surface area contributed by atoms with Crippen LogP contribution < -0.4 is 19.9 Å². The van der Waals surface area contributed by atoms with Crippen LogP contribution in [0.2, 0.25) is 0 Å². The van der Waals surface area contributed by atoms with Gasteiger partial charge in [0.05, 0.1) is 23.4 Å². The second-order valence-electron chi connectivity index (χ2n) is 18.0. The molecule has 4 aromatic rings. The maximum Gasteiger partial charge on any atom is 0.255 e. The second kappa shape index (κ2) is 15.7. The number of nitrogens with one attached hydrogen (secondary N) is 2.